The van der Waals surface area contributed by atoms with Crippen LogP contribution in [0.5, 0.6) is 0 Å². The zero-order valence-corrected chi connectivity index (χ0v) is 6.71. The van der Waals surface area contributed by atoms with E-state index in [1.165, 1.54) is 0 Å². The Hall–Kier alpha value is -0.600. The van der Waals surface area contributed by atoms with Crippen LogP contribution in [0.4, 0.5) is 0 Å². The van der Waals surface area contributed by atoms with Crippen LogP contribution in [0, 0.1) is 0 Å². The van der Waals surface area contributed by atoms with Gasteiger partial charge in [-0.15, -0.1) is 0 Å². The molecule has 0 radical (unpaired) electrons. The molecule has 0 amide bonds. The molecule has 6 heteroatoms. The van der Waals surface area contributed by atoms with Gasteiger partial charge in [0.1, 0.15) is 5.15 Å². The highest BCUT2D eigenvalue weighted by molar-refractivity contribution is 7.14. The summed E-state index contributed by atoms with van der Waals surface area (Å²) in [7, 11) is 2.07. The maximum absolute atomic E-state index is 10.7. The number of halogens is 1. The highest BCUT2D eigenvalue weighted by Gasteiger charge is 1.96. The van der Waals surface area contributed by atoms with Gasteiger partial charge in [0.25, 0.3) is 5.56 Å². The zero-order valence-electron chi connectivity index (χ0n) is 4.80. The molecule has 0 fully saturated rings. The van der Waals surface area contributed by atoms with Crippen LogP contribution < -0.4 is 11.2 Å². The van der Waals surface area contributed by atoms with E-state index in [-0.39, 0.29) is 5.15 Å². The monoisotopic (exact) mass is 178 g/mol. The lowest BCUT2D eigenvalue weighted by Gasteiger charge is -1.95. The minimum atomic E-state index is -0.539. The first-order valence-corrected chi connectivity index (χ1v) is 3.27. The lowest BCUT2D eigenvalue weighted by atomic mass is 10.7. The van der Waals surface area contributed by atoms with E-state index in [1.807, 2.05) is 4.98 Å². The van der Waals surface area contributed by atoms with E-state index in [0.29, 0.717) is 0 Å². The van der Waals surface area contributed by atoms with E-state index in [4.69, 9.17) is 11.6 Å². The molecule has 1 aromatic heterocycles. The second kappa shape index (κ2) is 2.56. The smallest absolute Gasteiger partial charge is 0.274 e. The van der Waals surface area contributed by atoms with Crippen molar-refractivity contribution in [2.45, 2.75) is 0 Å². The van der Waals surface area contributed by atoms with Gasteiger partial charge in [0.2, 0.25) is 0 Å². The van der Waals surface area contributed by atoms with Gasteiger partial charge in [-0.25, -0.2) is 4.79 Å². The Morgan fingerprint density at radius 2 is 2.20 bits per heavy atom. The summed E-state index contributed by atoms with van der Waals surface area (Å²) in [6, 6.07) is 1.12. The topological polar surface area (TPSA) is 54.9 Å². The molecule has 1 atom stereocenters. The van der Waals surface area contributed by atoms with Gasteiger partial charge in [-0.3, -0.25) is 14.1 Å². The van der Waals surface area contributed by atoms with Crippen molar-refractivity contribution in [1.29, 1.82) is 0 Å². The molecular formula is C4H4ClN2O2P. The Balaban J connectivity index is 3.62. The van der Waals surface area contributed by atoms with Crippen LogP contribution in [0.3, 0.4) is 0 Å². The third kappa shape index (κ3) is 1.28. The predicted molar refractivity (Wildman–Crippen MR) is 41.4 cm³/mol. The number of hydrogen-bond donors (Lipinski definition) is 1. The number of nitrogens with zero attached hydrogens (tertiary/aromatic N) is 1. The Labute approximate surface area is 63.1 Å². The molecule has 0 bridgehead atoms. The number of aromatic amines is 1. The quantitative estimate of drug-likeness (QED) is 0.443. The van der Waals surface area contributed by atoms with E-state index < -0.39 is 11.2 Å². The van der Waals surface area contributed by atoms with E-state index in [0.717, 1.165) is 10.4 Å². The molecule has 0 saturated carbocycles. The van der Waals surface area contributed by atoms with E-state index >= 15 is 0 Å². The normalized spacial score (nSPS) is 9.80. The number of nitrogens with one attached hydrogen (secondary N) is 1. The Morgan fingerprint density at radius 3 is 2.70 bits per heavy atom. The molecule has 10 heavy (non-hydrogen) atoms. The molecule has 0 aliphatic heterocycles. The Kier molecular flexibility index (Phi) is 1.92. The fraction of sp³-hybridized carbons (Fsp3) is 0. The molecular weight excluding hydrogens is 174 g/mol. The third-order valence-corrected chi connectivity index (χ3v) is 1.90. The number of rotatable bonds is 0. The summed E-state index contributed by atoms with van der Waals surface area (Å²) in [6.07, 6.45) is 0. The molecule has 54 valence electrons. The first kappa shape index (κ1) is 7.51. The molecule has 1 heterocycles. The van der Waals surface area contributed by atoms with Crippen LogP contribution in [-0.4, -0.2) is 9.32 Å². The van der Waals surface area contributed by atoms with Crippen molar-refractivity contribution in [3.63, 3.8) is 0 Å². The summed E-state index contributed by atoms with van der Waals surface area (Å²) in [4.78, 5) is 23.2. The minimum Gasteiger partial charge on any atom is -0.274 e. The van der Waals surface area contributed by atoms with Gasteiger partial charge < -0.3 is 0 Å². The van der Waals surface area contributed by atoms with Gasteiger partial charge in [0.15, 0.2) is 0 Å². The van der Waals surface area contributed by atoms with Crippen molar-refractivity contribution in [2.24, 2.45) is 0 Å². The average Bonchev–Trinajstić information content (AvgIpc) is 1.82. The van der Waals surface area contributed by atoms with Crippen molar-refractivity contribution in [3.05, 3.63) is 32.1 Å². The molecule has 1 N–H and O–H groups in total. The van der Waals surface area contributed by atoms with Crippen LogP contribution in [0.1, 0.15) is 0 Å². The summed E-state index contributed by atoms with van der Waals surface area (Å²) in [5.41, 5.74) is -1.03. The highest BCUT2D eigenvalue weighted by Crippen LogP contribution is 2.02. The van der Waals surface area contributed by atoms with E-state index in [2.05, 4.69) is 9.39 Å². The number of H-pyrrole nitrogens is 1. The minimum absolute atomic E-state index is 0.0961. The first-order chi connectivity index (χ1) is 4.61. The molecule has 0 aromatic carbocycles. The molecule has 1 unspecified atom stereocenters. The Morgan fingerprint density at radius 1 is 1.60 bits per heavy atom. The molecule has 0 aliphatic carbocycles. The average molecular weight is 179 g/mol. The van der Waals surface area contributed by atoms with Crippen molar-refractivity contribution in [2.75, 3.05) is 0 Å². The zero-order chi connectivity index (χ0) is 7.72. The van der Waals surface area contributed by atoms with Crippen LogP contribution >= 0.6 is 21.0 Å². The van der Waals surface area contributed by atoms with Gasteiger partial charge >= 0.3 is 5.69 Å². The lowest BCUT2D eigenvalue weighted by molar-refractivity contribution is 0.990. The van der Waals surface area contributed by atoms with E-state index in [1.54, 1.807) is 0 Å². The largest absolute Gasteiger partial charge is 0.332 e. The number of hydrogen-bond acceptors (Lipinski definition) is 2. The number of aromatic nitrogens is 2. The maximum atomic E-state index is 10.7. The van der Waals surface area contributed by atoms with Gasteiger partial charge in [-0.2, -0.15) is 0 Å². The SMILES string of the molecule is O=c1cc(Cl)n(P)c(=O)[nH]1. The molecule has 1 rings (SSSR count). The van der Waals surface area contributed by atoms with Gasteiger partial charge in [0, 0.05) is 6.07 Å². The van der Waals surface area contributed by atoms with Crippen LogP contribution in [-0.2, 0) is 0 Å². The molecule has 0 saturated heterocycles. The first-order valence-electron chi connectivity index (χ1n) is 2.38. The molecule has 1 aromatic rings. The van der Waals surface area contributed by atoms with Crippen LogP contribution in [0.15, 0.2) is 15.7 Å². The highest BCUT2D eigenvalue weighted by atomic mass is 35.5. The summed E-state index contributed by atoms with van der Waals surface area (Å²) in [5.74, 6) is 0. The second-order valence-corrected chi connectivity index (χ2v) is 2.54. The fourth-order valence-electron chi connectivity index (χ4n) is 0.476. The van der Waals surface area contributed by atoms with Crippen molar-refractivity contribution in [3.8, 4) is 0 Å². The maximum Gasteiger partial charge on any atom is 0.332 e. The summed E-state index contributed by atoms with van der Waals surface area (Å²) in [6.45, 7) is 0. The van der Waals surface area contributed by atoms with Gasteiger partial charge in [-0.05, 0) is 9.39 Å². The summed E-state index contributed by atoms with van der Waals surface area (Å²) < 4.78 is 1.06. The summed E-state index contributed by atoms with van der Waals surface area (Å²) >= 11 is 5.44. The van der Waals surface area contributed by atoms with Crippen LogP contribution in [0.25, 0.3) is 0 Å². The van der Waals surface area contributed by atoms with Crippen LogP contribution in [0.2, 0.25) is 5.15 Å². The van der Waals surface area contributed by atoms with Gasteiger partial charge in [-0.1, -0.05) is 11.6 Å². The van der Waals surface area contributed by atoms with Gasteiger partial charge in [0.05, 0.1) is 0 Å². The van der Waals surface area contributed by atoms with Crippen molar-refractivity contribution < 1.29 is 0 Å². The van der Waals surface area contributed by atoms with Crippen molar-refractivity contribution in [1.82, 2.24) is 9.32 Å². The fourth-order valence-corrected chi connectivity index (χ4v) is 0.791. The van der Waals surface area contributed by atoms with E-state index in [9.17, 15) is 9.59 Å². The third-order valence-electron chi connectivity index (χ3n) is 0.929. The molecule has 0 spiro atoms. The molecule has 0 aliphatic rings. The standard InChI is InChI=1S/C4H4ClN2O2P/c5-2-1-3(8)6-4(9)7(2)10/h1H,10H2,(H,6,8,9). The second-order valence-electron chi connectivity index (χ2n) is 1.63. The molecule has 4 nitrogen and oxygen atoms in total. The van der Waals surface area contributed by atoms with Crippen molar-refractivity contribution >= 4 is 21.0 Å². The predicted octanol–water partition coefficient (Wildman–Crippen LogP) is -0.172. The lowest BCUT2D eigenvalue weighted by Crippen LogP contribution is -2.24. The Bertz CT molecular complexity index is 355. The summed E-state index contributed by atoms with van der Waals surface area (Å²) in [5, 5.41) is 0.0961.